The van der Waals surface area contributed by atoms with Crippen LogP contribution in [0.4, 0.5) is 4.79 Å². The molecular weight excluding hydrogens is 500 g/mol. The van der Waals surface area contributed by atoms with Crippen molar-refractivity contribution in [2.24, 2.45) is 17.4 Å². The maximum absolute atomic E-state index is 12.3. The van der Waals surface area contributed by atoms with Gasteiger partial charge in [-0.05, 0) is 38.3 Å². The largest absolute Gasteiger partial charge is 0.370 e. The van der Waals surface area contributed by atoms with Crippen molar-refractivity contribution < 1.29 is 24.0 Å². The monoisotopic (exact) mass is 556 g/mol. The molecule has 0 spiro atoms. The van der Waals surface area contributed by atoms with E-state index in [1.54, 1.807) is 13.8 Å². The van der Waals surface area contributed by atoms with Crippen molar-refractivity contribution in [3.8, 4) is 0 Å². The van der Waals surface area contributed by atoms with Gasteiger partial charge < -0.3 is 32.3 Å². The van der Waals surface area contributed by atoms with E-state index in [1.807, 2.05) is 0 Å². The molecule has 0 aliphatic rings. The van der Waals surface area contributed by atoms with E-state index in [-0.39, 0.29) is 31.1 Å². The fraction of sp³-hybridized carbons (Fsp3) is 0.857. The van der Waals surface area contributed by atoms with Crippen molar-refractivity contribution in [1.82, 2.24) is 21.4 Å². The number of carbonyl (C=O) groups is 4. The molecule has 39 heavy (non-hydrogen) atoms. The van der Waals surface area contributed by atoms with Crippen LogP contribution in [-0.2, 0) is 19.2 Å². The topological polar surface area (TPSA) is 178 Å². The van der Waals surface area contributed by atoms with E-state index >= 15 is 0 Å². The van der Waals surface area contributed by atoms with E-state index in [9.17, 15) is 19.2 Å². The van der Waals surface area contributed by atoms with E-state index in [0.717, 1.165) is 19.5 Å². The van der Waals surface area contributed by atoms with Gasteiger partial charge in [-0.1, -0.05) is 91.4 Å². The number of hydrogen-bond acceptors (Lipinski definition) is 7. The minimum absolute atomic E-state index is 0.0787. The molecule has 0 rings (SSSR count). The first kappa shape index (κ1) is 36.6. The molecule has 0 saturated carbocycles. The molecule has 0 aromatic carbocycles. The number of nitrogens with two attached hydrogens (primary N) is 2. The Kier molecular flexibility index (Phi) is 23.1. The third-order valence-corrected chi connectivity index (χ3v) is 6.53. The normalized spacial score (nSPS) is 12.6. The Morgan fingerprint density at radius 1 is 0.718 bits per heavy atom. The van der Waals surface area contributed by atoms with Gasteiger partial charge in [0.1, 0.15) is 12.2 Å². The van der Waals surface area contributed by atoms with Crippen molar-refractivity contribution in [3.63, 3.8) is 0 Å². The summed E-state index contributed by atoms with van der Waals surface area (Å²) in [6, 6.07) is -1.63. The SMILES string of the molecule is CCCCCCCCCCCCCCNCCCC(=O)NC(CCC(=O)ON[C@H](C(N)=O)C(C)C)NC(N)=O. The fourth-order valence-corrected chi connectivity index (χ4v) is 4.17. The molecule has 0 aliphatic heterocycles. The van der Waals surface area contributed by atoms with Crippen LogP contribution in [0.5, 0.6) is 0 Å². The molecule has 0 fully saturated rings. The van der Waals surface area contributed by atoms with Gasteiger partial charge in [-0.2, -0.15) is 0 Å². The summed E-state index contributed by atoms with van der Waals surface area (Å²) in [6.45, 7) is 7.44. The molecule has 228 valence electrons. The molecule has 0 heterocycles. The predicted octanol–water partition coefficient (Wildman–Crippen LogP) is 3.51. The van der Waals surface area contributed by atoms with Gasteiger partial charge in [0.2, 0.25) is 11.8 Å². The lowest BCUT2D eigenvalue weighted by atomic mass is 10.1. The summed E-state index contributed by atoms with van der Waals surface area (Å²) in [6.07, 6.45) is 16.0. The number of primary amides is 2. The molecule has 0 aromatic rings. The number of rotatable bonds is 26. The number of unbranched alkanes of at least 4 members (excludes halogenated alkanes) is 11. The molecule has 8 N–H and O–H groups in total. The van der Waals surface area contributed by atoms with Gasteiger partial charge in [-0.3, -0.25) is 14.4 Å². The highest BCUT2D eigenvalue weighted by molar-refractivity contribution is 5.80. The zero-order chi connectivity index (χ0) is 29.3. The van der Waals surface area contributed by atoms with Gasteiger partial charge >= 0.3 is 12.0 Å². The first-order chi connectivity index (χ1) is 18.7. The van der Waals surface area contributed by atoms with E-state index in [0.29, 0.717) is 6.42 Å². The number of hydroxylamine groups is 1. The number of hydrogen-bond donors (Lipinski definition) is 6. The van der Waals surface area contributed by atoms with Crippen molar-refractivity contribution >= 4 is 23.8 Å². The summed E-state index contributed by atoms with van der Waals surface area (Å²) in [5.41, 5.74) is 12.8. The minimum Gasteiger partial charge on any atom is -0.370 e. The molecular formula is C28H56N6O5. The van der Waals surface area contributed by atoms with Crippen LogP contribution in [0.1, 0.15) is 124 Å². The van der Waals surface area contributed by atoms with Crippen LogP contribution >= 0.6 is 0 Å². The third-order valence-electron chi connectivity index (χ3n) is 6.53. The first-order valence-electron chi connectivity index (χ1n) is 15.0. The summed E-state index contributed by atoms with van der Waals surface area (Å²) in [5.74, 6) is -1.71. The van der Waals surface area contributed by atoms with E-state index in [4.69, 9.17) is 16.3 Å². The smallest absolute Gasteiger partial charge is 0.324 e. The number of nitrogens with one attached hydrogen (secondary N) is 4. The zero-order valence-electron chi connectivity index (χ0n) is 24.7. The quantitative estimate of drug-likeness (QED) is 0.0536. The van der Waals surface area contributed by atoms with Crippen molar-refractivity contribution in [2.45, 2.75) is 136 Å². The second kappa shape index (κ2) is 24.6. The lowest BCUT2D eigenvalue weighted by Crippen LogP contribution is -2.50. The van der Waals surface area contributed by atoms with Crippen LogP contribution < -0.4 is 32.9 Å². The molecule has 2 atom stereocenters. The first-order valence-corrected chi connectivity index (χ1v) is 15.0. The van der Waals surface area contributed by atoms with Gasteiger partial charge in [-0.25, -0.2) is 4.79 Å². The zero-order valence-corrected chi connectivity index (χ0v) is 24.7. The Balaban J connectivity index is 3.90. The van der Waals surface area contributed by atoms with Gasteiger partial charge in [0.05, 0.1) is 6.42 Å². The maximum Gasteiger partial charge on any atom is 0.324 e. The predicted molar refractivity (Wildman–Crippen MR) is 154 cm³/mol. The summed E-state index contributed by atoms with van der Waals surface area (Å²) in [5, 5.41) is 8.46. The lowest BCUT2D eigenvalue weighted by molar-refractivity contribution is -0.155. The molecule has 0 radical (unpaired) electrons. The molecule has 0 aliphatic carbocycles. The number of carbonyl (C=O) groups excluding carboxylic acids is 4. The molecule has 0 bridgehead atoms. The van der Waals surface area contributed by atoms with Gasteiger partial charge in [0.25, 0.3) is 0 Å². The minimum atomic E-state index is -0.818. The van der Waals surface area contributed by atoms with Gasteiger partial charge in [-0.15, -0.1) is 5.48 Å². The Morgan fingerprint density at radius 2 is 1.26 bits per heavy atom. The molecule has 0 saturated heterocycles. The van der Waals surface area contributed by atoms with E-state index in [1.165, 1.54) is 70.6 Å². The van der Waals surface area contributed by atoms with Crippen LogP contribution in [0, 0.1) is 5.92 Å². The van der Waals surface area contributed by atoms with Crippen molar-refractivity contribution in [1.29, 1.82) is 0 Å². The highest BCUT2D eigenvalue weighted by Crippen LogP contribution is 2.11. The fourth-order valence-electron chi connectivity index (χ4n) is 4.17. The molecule has 11 heteroatoms. The summed E-state index contributed by atoms with van der Waals surface area (Å²) in [7, 11) is 0. The maximum atomic E-state index is 12.3. The summed E-state index contributed by atoms with van der Waals surface area (Å²) >= 11 is 0. The van der Waals surface area contributed by atoms with Crippen LogP contribution in [0.2, 0.25) is 0 Å². The molecule has 4 amide bonds. The van der Waals surface area contributed by atoms with E-state index < -0.39 is 30.1 Å². The Labute approximate surface area is 235 Å². The Morgan fingerprint density at radius 3 is 1.77 bits per heavy atom. The summed E-state index contributed by atoms with van der Waals surface area (Å²) in [4.78, 5) is 51.8. The average molecular weight is 557 g/mol. The molecule has 11 nitrogen and oxygen atoms in total. The van der Waals surface area contributed by atoms with E-state index in [2.05, 4.69) is 28.4 Å². The molecule has 0 aromatic heterocycles. The standard InChI is InChI=1S/C28H56N6O5/c1-4-5-6-7-8-9-10-11-12-13-14-15-20-31-21-16-17-24(35)32-23(33-28(30)38)18-19-25(36)39-34-26(22(2)3)27(29)37/h22-23,26,31,34H,4-21H2,1-3H3,(H2,29,37)(H,32,35)(H3,30,33,38)/t23?,26-/m0/s1. The van der Waals surface area contributed by atoms with Crippen molar-refractivity contribution in [2.75, 3.05) is 13.1 Å². The van der Waals surface area contributed by atoms with Crippen LogP contribution in [-0.4, -0.2) is 49.1 Å². The van der Waals surface area contributed by atoms with Gasteiger partial charge in [0, 0.05) is 6.42 Å². The number of urea groups is 1. The van der Waals surface area contributed by atoms with Crippen molar-refractivity contribution in [3.05, 3.63) is 0 Å². The van der Waals surface area contributed by atoms with Crippen LogP contribution in [0.25, 0.3) is 0 Å². The Hall–Kier alpha value is -2.40. The van der Waals surface area contributed by atoms with Crippen LogP contribution in [0.3, 0.4) is 0 Å². The third kappa shape index (κ3) is 23.2. The number of amides is 4. The van der Waals surface area contributed by atoms with Gasteiger partial charge in [0.15, 0.2) is 0 Å². The molecule has 1 unspecified atom stereocenters. The average Bonchev–Trinajstić information content (AvgIpc) is 2.86. The summed E-state index contributed by atoms with van der Waals surface area (Å²) < 4.78 is 0. The second-order valence-corrected chi connectivity index (χ2v) is 10.6. The lowest BCUT2D eigenvalue weighted by Gasteiger charge is -2.20. The highest BCUT2D eigenvalue weighted by atomic mass is 16.7. The highest BCUT2D eigenvalue weighted by Gasteiger charge is 2.22. The Bertz CT molecular complexity index is 677. The second-order valence-electron chi connectivity index (χ2n) is 10.6. The van der Waals surface area contributed by atoms with Crippen LogP contribution in [0.15, 0.2) is 0 Å².